The van der Waals surface area contributed by atoms with E-state index >= 15 is 0 Å². The highest BCUT2D eigenvalue weighted by Gasteiger charge is 2.44. The number of para-hydroxylation sites is 1. The number of carbonyl (C=O) groups is 6. The summed E-state index contributed by atoms with van der Waals surface area (Å²) >= 11 is 0. The summed E-state index contributed by atoms with van der Waals surface area (Å²) in [5, 5.41) is 43.0. The van der Waals surface area contributed by atoms with Crippen LogP contribution >= 0.6 is 0 Å². The first-order valence-electron chi connectivity index (χ1n) is 41.6. The number of piperazine rings is 1. The highest BCUT2D eigenvalue weighted by molar-refractivity contribution is 7.85. The number of aliphatic carboxylic acids is 1. The maximum Gasteiger partial charge on any atom is 0.326 e. The Hall–Kier alpha value is -11.0. The van der Waals surface area contributed by atoms with E-state index in [1.54, 1.807) is 29.1 Å². The zero-order valence-corrected chi connectivity index (χ0v) is 69.8. The Balaban J connectivity index is 0.652. The van der Waals surface area contributed by atoms with E-state index in [2.05, 4.69) is 134 Å². The van der Waals surface area contributed by atoms with Crippen LogP contribution in [0.2, 0.25) is 0 Å². The van der Waals surface area contributed by atoms with Crippen LogP contribution in [-0.2, 0) is 52.6 Å². The molecule has 4 heterocycles. The van der Waals surface area contributed by atoms with Crippen molar-refractivity contribution in [2.75, 3.05) is 85.6 Å². The first-order chi connectivity index (χ1) is 56.4. The molecule has 1 saturated heterocycles. The molecule has 2 aromatic heterocycles. The first kappa shape index (κ1) is 86.9. The number of likely N-dealkylation sites (N-methyl/N-ethyl adjacent to an activating group) is 1. The average Bonchev–Trinajstić information content (AvgIpc) is 1.61. The molecule has 6 aromatic carbocycles. The SMILES string of the molecule is C/C=C/C=C1/N(C(C)CCCCC(=O)NCc2cn(CCCCC(NC(=O)[C@H](CCCCNC(=O)CCCN(C)c3ccc(N=Nc4ccc5nc6ccc(N(CC)CC)cc6[n+](-c6ccccc6)c5c4)cc3)NC(=O)C3(NC(=O)c4ccc(N5CCN(CC)CC5)cc4)CCCCC3)C(=O)O)nn2)c2ccc(S(=O)(=O)[O-])cc2C1(C)C. The van der Waals surface area contributed by atoms with Gasteiger partial charge < -0.3 is 60.7 Å². The lowest BCUT2D eigenvalue weighted by molar-refractivity contribution is -0.538. The predicted octanol–water partition coefficient (Wildman–Crippen LogP) is 12.9. The molecule has 2 fully saturated rings. The Morgan fingerprint density at radius 1 is 0.709 bits per heavy atom. The minimum Gasteiger partial charge on any atom is -0.744 e. The van der Waals surface area contributed by atoms with Crippen LogP contribution in [0.25, 0.3) is 27.8 Å². The third-order valence-corrected chi connectivity index (χ3v) is 23.8. The third kappa shape index (κ3) is 22.6. The smallest absolute Gasteiger partial charge is 0.326 e. The zero-order chi connectivity index (χ0) is 83.2. The molecule has 5 amide bonds. The van der Waals surface area contributed by atoms with E-state index in [4.69, 9.17) is 4.98 Å². The van der Waals surface area contributed by atoms with Gasteiger partial charge in [0, 0.05) is 149 Å². The maximum atomic E-state index is 14.9. The highest BCUT2D eigenvalue weighted by Crippen LogP contribution is 2.50. The Kier molecular flexibility index (Phi) is 30.3. The number of azo groups is 1. The van der Waals surface area contributed by atoms with Crippen molar-refractivity contribution in [1.29, 1.82) is 0 Å². The number of nitrogens with zero attached hydrogens (tertiary/aromatic N) is 12. The predicted molar refractivity (Wildman–Crippen MR) is 456 cm³/mol. The number of hydrogen-bond donors (Lipinski definition) is 6. The highest BCUT2D eigenvalue weighted by atomic mass is 32.2. The summed E-state index contributed by atoms with van der Waals surface area (Å²) in [5.41, 5.74) is 10.7. The average molecular weight is 1620 g/mol. The number of hydrogen-bond acceptors (Lipinski definition) is 19. The summed E-state index contributed by atoms with van der Waals surface area (Å²) < 4.78 is 39.8. The van der Waals surface area contributed by atoms with E-state index in [1.165, 1.54) is 12.1 Å². The molecule has 3 atom stereocenters. The van der Waals surface area contributed by atoms with Gasteiger partial charge in [-0.15, -0.1) is 9.67 Å². The van der Waals surface area contributed by atoms with Gasteiger partial charge in [0.15, 0.2) is 0 Å². The van der Waals surface area contributed by atoms with Crippen molar-refractivity contribution >= 4 is 102 Å². The van der Waals surface area contributed by atoms with Crippen LogP contribution in [0.4, 0.5) is 34.1 Å². The third-order valence-electron chi connectivity index (χ3n) is 23.0. The maximum absolute atomic E-state index is 14.9. The lowest BCUT2D eigenvalue weighted by atomic mass is 9.80. The number of fused-ring (bicyclic) bond motifs is 3. The van der Waals surface area contributed by atoms with Crippen LogP contribution in [0, 0.1) is 0 Å². The molecule has 2 aliphatic heterocycles. The van der Waals surface area contributed by atoms with Crippen LogP contribution in [0.5, 0.6) is 0 Å². The quantitative estimate of drug-likeness (QED) is 0.00683. The minimum atomic E-state index is -4.65. The Morgan fingerprint density at radius 2 is 1.37 bits per heavy atom. The Bertz CT molecular complexity index is 4960. The number of aryl methyl sites for hydroxylation is 1. The molecule has 28 heteroatoms. The molecule has 0 bridgehead atoms. The molecule has 1 aliphatic carbocycles. The second-order valence-electron chi connectivity index (χ2n) is 31.4. The van der Waals surface area contributed by atoms with E-state index in [9.17, 15) is 46.8 Å². The number of benzene rings is 6. The van der Waals surface area contributed by atoms with Crippen LogP contribution in [-0.4, -0.2) is 168 Å². The van der Waals surface area contributed by atoms with E-state index in [1.807, 2.05) is 119 Å². The van der Waals surface area contributed by atoms with Crippen molar-refractivity contribution in [3.63, 3.8) is 0 Å². The van der Waals surface area contributed by atoms with Crippen molar-refractivity contribution in [3.05, 3.63) is 180 Å². The number of carboxylic acid groups (broad SMARTS) is 1. The number of allylic oxidation sites excluding steroid dienone is 4. The fraction of sp³-hybridized carbons (Fsp3) is 0.461. The summed E-state index contributed by atoms with van der Waals surface area (Å²) in [6.45, 7) is 22.4. The molecule has 27 nitrogen and oxygen atoms in total. The largest absolute Gasteiger partial charge is 0.744 e. The van der Waals surface area contributed by atoms with Crippen LogP contribution < -0.4 is 50.8 Å². The lowest BCUT2D eigenvalue weighted by Crippen LogP contribution is -2.63. The summed E-state index contributed by atoms with van der Waals surface area (Å²) in [4.78, 5) is 98.9. The van der Waals surface area contributed by atoms with Crippen molar-refractivity contribution in [1.82, 2.24) is 51.5 Å². The zero-order valence-electron chi connectivity index (χ0n) is 68.9. The van der Waals surface area contributed by atoms with E-state index in [-0.39, 0.29) is 55.0 Å². The normalized spacial score (nSPS) is 16.0. The van der Waals surface area contributed by atoms with Gasteiger partial charge in [0.25, 0.3) is 5.91 Å². The summed E-state index contributed by atoms with van der Waals surface area (Å²) in [6, 6.07) is 39.9. The van der Waals surface area contributed by atoms with Gasteiger partial charge in [-0.1, -0.05) is 82.0 Å². The van der Waals surface area contributed by atoms with E-state index in [0.717, 1.165) is 127 Å². The summed E-state index contributed by atoms with van der Waals surface area (Å²) in [6.07, 6.45) is 15.6. The monoisotopic (exact) mass is 1610 g/mol. The first-order valence-corrected chi connectivity index (χ1v) is 43.0. The number of amides is 5. The number of nitrogens with one attached hydrogen (secondary N) is 5. The standard InChI is InChI=1S/C89H115N17O10S/c1-9-13-32-81-88(6,7)73-60-72(117(114,115)116)45-48-78(73)105(81)63(5)27-18-19-33-83(108)91-61-67-62-104(99-98-67)53-25-21-31-77(86(111)112)93-85(110)76(94-87(113)89(49-22-15-23-50-89)95-84(109)64-35-40-69(41-36-64)103-56-54-101(10-2)55-57-103)30-20-24-51-90-82(107)34-26-52-100(8)68-42-37-65(38-43-68)96-97-66-39-46-74-79(58-66)106(70-28-16-14-17-29-70)80-59-71(102(11-3)12-4)44-47-75(80)92-74/h9,13-14,16-17,28-29,32,35-48,58-60,62-63,76-77H,10-12,15,18-27,30-31,33-34,49-57,61H2,1-8H3,(H6-,90,91,93,94,95,107,108,109,110,111,112,113,114,115,116)/b13-9+,81-32+/t63?,76-,77?/m0/s1. The molecule has 8 aromatic rings. The molecule has 11 rings (SSSR count). The molecule has 0 spiro atoms. The molecule has 622 valence electrons. The van der Waals surface area contributed by atoms with Gasteiger partial charge in [-0.05, 0) is 208 Å². The number of carbonyl (C=O) groups excluding carboxylic acids is 5. The van der Waals surface area contributed by atoms with E-state index < -0.39 is 56.8 Å². The molecule has 3 aliphatic rings. The van der Waals surface area contributed by atoms with E-state index in [0.29, 0.717) is 106 Å². The lowest BCUT2D eigenvalue weighted by Gasteiger charge is -2.38. The van der Waals surface area contributed by atoms with Gasteiger partial charge in [0.1, 0.15) is 44.5 Å². The topological polar surface area (TPSA) is 328 Å². The van der Waals surface area contributed by atoms with Gasteiger partial charge in [-0.25, -0.2) is 18.2 Å². The van der Waals surface area contributed by atoms with Gasteiger partial charge in [0.05, 0.1) is 29.0 Å². The van der Waals surface area contributed by atoms with Crippen molar-refractivity contribution in [2.24, 2.45) is 10.2 Å². The van der Waals surface area contributed by atoms with Gasteiger partial charge >= 0.3 is 5.97 Å². The van der Waals surface area contributed by atoms with Crippen molar-refractivity contribution in [3.8, 4) is 5.69 Å². The van der Waals surface area contributed by atoms with Gasteiger partial charge in [-0.2, -0.15) is 10.2 Å². The molecule has 1 saturated carbocycles. The van der Waals surface area contributed by atoms with Crippen LogP contribution in [0.1, 0.15) is 179 Å². The number of carboxylic acids is 1. The van der Waals surface area contributed by atoms with Crippen molar-refractivity contribution < 1.29 is 51.4 Å². The number of anilines is 4. The summed E-state index contributed by atoms with van der Waals surface area (Å²) in [7, 11) is -2.68. The van der Waals surface area contributed by atoms with Gasteiger partial charge in [0.2, 0.25) is 40.3 Å². The second kappa shape index (κ2) is 40.7. The number of rotatable bonds is 40. The number of unbranched alkanes of at least 4 members (excludes halogenated alkanes) is 3. The fourth-order valence-electron chi connectivity index (χ4n) is 16.1. The molecule has 6 N–H and O–H groups in total. The minimum absolute atomic E-state index is 0.00337. The molecular formula is C89H115N17O10S. The fourth-order valence-corrected chi connectivity index (χ4v) is 16.6. The van der Waals surface area contributed by atoms with Crippen molar-refractivity contribution in [2.45, 2.75) is 205 Å². The van der Waals surface area contributed by atoms with Crippen LogP contribution in [0.3, 0.4) is 0 Å². The Labute approximate surface area is 687 Å². The molecule has 2 unspecified atom stereocenters. The molecular weight excluding hydrogens is 1500 g/mol. The Morgan fingerprint density at radius 3 is 2.07 bits per heavy atom. The molecule has 0 radical (unpaired) electrons. The molecule has 117 heavy (non-hydrogen) atoms. The number of aromatic nitrogens is 5. The second-order valence-corrected chi connectivity index (χ2v) is 32.8. The van der Waals surface area contributed by atoms with Gasteiger partial charge in [-0.3, -0.25) is 28.7 Å². The van der Waals surface area contributed by atoms with Crippen LogP contribution in [0.15, 0.2) is 179 Å². The summed E-state index contributed by atoms with van der Waals surface area (Å²) in [5.74, 6) is -3.12.